The van der Waals surface area contributed by atoms with Crippen molar-refractivity contribution < 1.29 is 4.42 Å². The number of fused-ring (bicyclic) bond motifs is 6. The number of aromatic nitrogens is 2. The molecular formula is C54H36N2O. The molecule has 1 aliphatic rings. The van der Waals surface area contributed by atoms with Crippen LogP contribution in [0.5, 0.6) is 0 Å². The summed E-state index contributed by atoms with van der Waals surface area (Å²) in [6.45, 7) is 2.37. The standard InChI is InChI=1S/C54H36N2O/c1-54(40-19-6-3-7-20-40)45-25-10-8-21-43(45)51-42(23-13-26-46(51)54)38-17-12-18-39(33-38)48-34-47(55-53(56-48)37-15-4-2-5-16-37)36-31-29-35(30-32-36)41-24-14-28-50-52(41)44-22-9-11-27-49(44)57-50/h2-34H,1H3. The van der Waals surface area contributed by atoms with Gasteiger partial charge in [-0.05, 0) is 81.3 Å². The Morgan fingerprint density at radius 2 is 0.982 bits per heavy atom. The largest absolute Gasteiger partial charge is 0.456 e. The highest BCUT2D eigenvalue weighted by Crippen LogP contribution is 2.55. The molecule has 57 heavy (non-hydrogen) atoms. The molecule has 3 heteroatoms. The van der Waals surface area contributed by atoms with Crippen molar-refractivity contribution in [2.24, 2.45) is 0 Å². The van der Waals surface area contributed by atoms with Gasteiger partial charge in [-0.25, -0.2) is 9.97 Å². The van der Waals surface area contributed by atoms with E-state index in [2.05, 4.69) is 171 Å². The number of benzene rings is 8. The molecule has 1 unspecified atom stereocenters. The van der Waals surface area contributed by atoms with E-state index >= 15 is 0 Å². The van der Waals surface area contributed by atoms with E-state index in [0.29, 0.717) is 5.82 Å². The zero-order valence-corrected chi connectivity index (χ0v) is 31.4. The third-order valence-electron chi connectivity index (χ3n) is 11.8. The van der Waals surface area contributed by atoms with Crippen molar-refractivity contribution in [2.45, 2.75) is 12.3 Å². The normalized spacial score (nSPS) is 14.5. The van der Waals surface area contributed by atoms with Crippen LogP contribution in [0.15, 0.2) is 205 Å². The molecule has 0 N–H and O–H groups in total. The van der Waals surface area contributed by atoms with Crippen molar-refractivity contribution in [3.8, 4) is 67.3 Å². The molecule has 0 bridgehead atoms. The van der Waals surface area contributed by atoms with Crippen LogP contribution >= 0.6 is 0 Å². The van der Waals surface area contributed by atoms with Crippen LogP contribution in [0.2, 0.25) is 0 Å². The molecule has 0 aliphatic heterocycles. The molecule has 268 valence electrons. The van der Waals surface area contributed by atoms with Gasteiger partial charge < -0.3 is 4.42 Å². The van der Waals surface area contributed by atoms with Gasteiger partial charge in [0.25, 0.3) is 0 Å². The molecule has 0 spiro atoms. The molecule has 0 saturated heterocycles. The lowest BCUT2D eigenvalue weighted by Gasteiger charge is -2.28. The molecule has 2 heterocycles. The second-order valence-electron chi connectivity index (χ2n) is 15.0. The monoisotopic (exact) mass is 728 g/mol. The summed E-state index contributed by atoms with van der Waals surface area (Å²) in [6, 6.07) is 71.0. The molecule has 0 radical (unpaired) electrons. The Morgan fingerprint density at radius 3 is 1.82 bits per heavy atom. The maximum atomic E-state index is 6.20. The van der Waals surface area contributed by atoms with Gasteiger partial charge in [-0.2, -0.15) is 0 Å². The van der Waals surface area contributed by atoms with Gasteiger partial charge >= 0.3 is 0 Å². The Morgan fingerprint density at radius 1 is 0.404 bits per heavy atom. The van der Waals surface area contributed by atoms with Crippen molar-refractivity contribution >= 4 is 21.9 Å². The first-order valence-electron chi connectivity index (χ1n) is 19.5. The summed E-state index contributed by atoms with van der Waals surface area (Å²) in [4.78, 5) is 10.4. The summed E-state index contributed by atoms with van der Waals surface area (Å²) < 4.78 is 6.20. The Kier molecular flexibility index (Phi) is 7.61. The Balaban J connectivity index is 1.03. The lowest BCUT2D eigenvalue weighted by molar-refractivity contribution is 0.669. The maximum absolute atomic E-state index is 6.20. The van der Waals surface area contributed by atoms with Crippen molar-refractivity contribution in [1.82, 2.24) is 9.97 Å². The van der Waals surface area contributed by atoms with Crippen molar-refractivity contribution in [3.05, 3.63) is 217 Å². The number of nitrogens with zero attached hydrogens (tertiary/aromatic N) is 2. The minimum atomic E-state index is -0.263. The van der Waals surface area contributed by atoms with Gasteiger partial charge in [0.2, 0.25) is 0 Å². The Labute approximate surface area is 331 Å². The van der Waals surface area contributed by atoms with E-state index in [1.165, 1.54) is 33.4 Å². The average Bonchev–Trinajstić information content (AvgIpc) is 3.80. The summed E-state index contributed by atoms with van der Waals surface area (Å²) in [5.41, 5.74) is 17.5. The van der Waals surface area contributed by atoms with Crippen molar-refractivity contribution in [1.29, 1.82) is 0 Å². The molecule has 1 aliphatic carbocycles. The number of rotatable bonds is 6. The molecule has 8 aromatic carbocycles. The van der Waals surface area contributed by atoms with Crippen LogP contribution in [0.3, 0.4) is 0 Å². The van der Waals surface area contributed by atoms with Crippen molar-refractivity contribution in [3.63, 3.8) is 0 Å². The highest BCUT2D eigenvalue weighted by atomic mass is 16.3. The SMILES string of the molecule is CC1(c2ccccc2)c2ccccc2-c2c(-c3cccc(-c4cc(-c5ccc(-c6cccc7oc8ccccc8c67)cc5)nc(-c5ccccc5)n4)c3)cccc21. The summed E-state index contributed by atoms with van der Waals surface area (Å²) in [5, 5.41) is 2.26. The summed E-state index contributed by atoms with van der Waals surface area (Å²) in [5.74, 6) is 0.695. The van der Waals surface area contributed by atoms with E-state index in [1.54, 1.807) is 0 Å². The maximum Gasteiger partial charge on any atom is 0.160 e. The van der Waals surface area contributed by atoms with E-state index < -0.39 is 0 Å². The predicted molar refractivity (Wildman–Crippen MR) is 234 cm³/mol. The number of hydrogen-bond donors (Lipinski definition) is 0. The van der Waals surface area contributed by atoms with Crippen LogP contribution in [-0.2, 0) is 5.41 Å². The minimum absolute atomic E-state index is 0.263. The fourth-order valence-corrected chi connectivity index (χ4v) is 9.01. The third kappa shape index (κ3) is 5.35. The second-order valence-corrected chi connectivity index (χ2v) is 15.0. The van der Waals surface area contributed by atoms with Crippen LogP contribution in [0, 0.1) is 0 Å². The van der Waals surface area contributed by atoms with Crippen LogP contribution in [0.25, 0.3) is 89.2 Å². The van der Waals surface area contributed by atoms with Crippen LogP contribution in [-0.4, -0.2) is 9.97 Å². The second kappa shape index (κ2) is 13.1. The minimum Gasteiger partial charge on any atom is -0.456 e. The molecular weight excluding hydrogens is 693 g/mol. The number of furan rings is 1. The van der Waals surface area contributed by atoms with Crippen molar-refractivity contribution in [2.75, 3.05) is 0 Å². The molecule has 3 nitrogen and oxygen atoms in total. The van der Waals surface area contributed by atoms with E-state index in [-0.39, 0.29) is 5.41 Å². The third-order valence-corrected chi connectivity index (χ3v) is 11.8. The fourth-order valence-electron chi connectivity index (χ4n) is 9.01. The van der Waals surface area contributed by atoms with Gasteiger partial charge in [0.1, 0.15) is 11.2 Å². The smallest absolute Gasteiger partial charge is 0.160 e. The first kappa shape index (κ1) is 33.0. The van der Waals surface area contributed by atoms with Crippen LogP contribution in [0.1, 0.15) is 23.6 Å². The van der Waals surface area contributed by atoms with Gasteiger partial charge in [-0.15, -0.1) is 0 Å². The Hall–Kier alpha value is -7.36. The predicted octanol–water partition coefficient (Wildman–Crippen LogP) is 14.0. The van der Waals surface area contributed by atoms with Gasteiger partial charge in [0.05, 0.1) is 11.4 Å². The fraction of sp³-hybridized carbons (Fsp3) is 0.0370. The van der Waals surface area contributed by atoms with E-state index in [9.17, 15) is 0 Å². The molecule has 10 aromatic rings. The van der Waals surface area contributed by atoms with Gasteiger partial charge in [0, 0.05) is 32.9 Å². The van der Waals surface area contributed by atoms with Crippen LogP contribution in [0.4, 0.5) is 0 Å². The average molecular weight is 729 g/mol. The van der Waals surface area contributed by atoms with Gasteiger partial charge in [-0.3, -0.25) is 0 Å². The molecule has 0 amide bonds. The molecule has 0 fully saturated rings. The first-order chi connectivity index (χ1) is 28.1. The lowest BCUT2D eigenvalue weighted by atomic mass is 9.74. The molecule has 2 aromatic heterocycles. The summed E-state index contributed by atoms with van der Waals surface area (Å²) in [6.07, 6.45) is 0. The van der Waals surface area contributed by atoms with Gasteiger partial charge in [0.15, 0.2) is 5.82 Å². The molecule has 0 saturated carbocycles. The zero-order valence-electron chi connectivity index (χ0n) is 31.4. The summed E-state index contributed by atoms with van der Waals surface area (Å²) in [7, 11) is 0. The number of hydrogen-bond acceptors (Lipinski definition) is 3. The zero-order chi connectivity index (χ0) is 37.9. The first-order valence-corrected chi connectivity index (χ1v) is 19.5. The topological polar surface area (TPSA) is 38.9 Å². The van der Waals surface area contributed by atoms with E-state index in [4.69, 9.17) is 14.4 Å². The quantitative estimate of drug-likeness (QED) is 0.171. The molecule has 11 rings (SSSR count). The summed E-state index contributed by atoms with van der Waals surface area (Å²) >= 11 is 0. The molecule has 1 atom stereocenters. The number of para-hydroxylation sites is 1. The Bertz CT molecular complexity index is 3130. The van der Waals surface area contributed by atoms with E-state index in [0.717, 1.165) is 66.7 Å². The van der Waals surface area contributed by atoms with Crippen LogP contribution < -0.4 is 0 Å². The highest BCUT2D eigenvalue weighted by molar-refractivity contribution is 6.12. The van der Waals surface area contributed by atoms with Gasteiger partial charge in [-0.1, -0.05) is 176 Å². The highest BCUT2D eigenvalue weighted by Gasteiger charge is 2.41. The van der Waals surface area contributed by atoms with E-state index in [1.807, 2.05) is 36.4 Å². The lowest BCUT2D eigenvalue weighted by Crippen LogP contribution is -2.22.